The Labute approximate surface area is 190 Å². The zero-order valence-electron chi connectivity index (χ0n) is 18.9. The van der Waals surface area contributed by atoms with Crippen LogP contribution in [0.4, 0.5) is 0 Å². The lowest BCUT2D eigenvalue weighted by Crippen LogP contribution is -2.50. The molecule has 2 saturated heterocycles. The third kappa shape index (κ3) is 4.48. The quantitative estimate of drug-likeness (QED) is 0.740. The molecule has 0 bridgehead atoms. The van der Waals surface area contributed by atoms with E-state index in [0.717, 1.165) is 42.7 Å². The number of allylic oxidation sites excluding steroid dienone is 1. The zero-order valence-corrected chi connectivity index (χ0v) is 18.9. The maximum Gasteiger partial charge on any atom is 0.255 e. The lowest BCUT2D eigenvalue weighted by molar-refractivity contribution is -0.126. The van der Waals surface area contributed by atoms with Crippen molar-refractivity contribution < 1.29 is 14.3 Å². The molecule has 3 atom stereocenters. The summed E-state index contributed by atoms with van der Waals surface area (Å²) in [4.78, 5) is 27.1. The largest absolute Gasteiger partial charge is 0.376 e. The highest BCUT2D eigenvalue weighted by Gasteiger charge is 2.38. The van der Waals surface area contributed by atoms with E-state index in [2.05, 4.69) is 29.3 Å². The average Bonchev–Trinajstić information content (AvgIpc) is 3.11. The van der Waals surface area contributed by atoms with Crippen LogP contribution in [0.5, 0.6) is 0 Å². The van der Waals surface area contributed by atoms with Crippen molar-refractivity contribution in [2.45, 2.75) is 95.0 Å². The van der Waals surface area contributed by atoms with Crippen molar-refractivity contribution in [1.29, 1.82) is 0 Å². The Kier molecular flexibility index (Phi) is 6.33. The van der Waals surface area contributed by atoms with Gasteiger partial charge in [0.1, 0.15) is 6.04 Å². The van der Waals surface area contributed by atoms with Gasteiger partial charge in [0.05, 0.1) is 6.10 Å². The van der Waals surface area contributed by atoms with Crippen molar-refractivity contribution in [3.8, 4) is 0 Å². The van der Waals surface area contributed by atoms with Crippen LogP contribution < -0.4 is 10.6 Å². The van der Waals surface area contributed by atoms with Gasteiger partial charge in [-0.15, -0.1) is 0 Å². The van der Waals surface area contributed by atoms with Gasteiger partial charge in [0.25, 0.3) is 5.91 Å². The third-order valence-electron chi connectivity index (χ3n) is 7.63. The van der Waals surface area contributed by atoms with E-state index in [9.17, 15) is 9.59 Å². The van der Waals surface area contributed by atoms with E-state index in [1.165, 1.54) is 44.1 Å². The molecule has 3 heterocycles. The molecule has 0 radical (unpaired) electrons. The molecular formula is C26H35N3O3. The number of piperidine rings is 1. The molecule has 5 rings (SSSR count). The molecule has 0 spiro atoms. The van der Waals surface area contributed by atoms with Crippen LogP contribution in [0.15, 0.2) is 30.5 Å². The van der Waals surface area contributed by atoms with Crippen molar-refractivity contribution in [2.75, 3.05) is 6.61 Å². The summed E-state index contributed by atoms with van der Waals surface area (Å²) < 4.78 is 6.22. The van der Waals surface area contributed by atoms with Crippen molar-refractivity contribution in [1.82, 2.24) is 15.5 Å². The fourth-order valence-corrected chi connectivity index (χ4v) is 5.87. The predicted molar refractivity (Wildman–Crippen MR) is 123 cm³/mol. The number of hydrogen-bond donors (Lipinski definition) is 2. The fourth-order valence-electron chi connectivity index (χ4n) is 5.87. The minimum absolute atomic E-state index is 0.0371. The molecule has 4 aliphatic rings. The molecule has 3 aliphatic heterocycles. The number of ether oxygens (including phenoxy) is 1. The fraction of sp³-hybridized carbons (Fsp3) is 0.615. The van der Waals surface area contributed by atoms with Crippen LogP contribution in [0.1, 0.15) is 79.3 Å². The second kappa shape index (κ2) is 9.36. The number of rotatable bonds is 5. The van der Waals surface area contributed by atoms with Crippen molar-refractivity contribution >= 4 is 11.8 Å². The Morgan fingerprint density at radius 3 is 2.75 bits per heavy atom. The van der Waals surface area contributed by atoms with E-state index < -0.39 is 6.04 Å². The number of carbonyl (C=O) groups excluding carboxylic acids is 2. The minimum atomic E-state index is -0.408. The number of nitrogens with zero attached hydrogens (tertiary/aromatic N) is 1. The first-order chi connectivity index (χ1) is 15.6. The van der Waals surface area contributed by atoms with Crippen LogP contribution in [0.3, 0.4) is 0 Å². The molecule has 3 fully saturated rings. The summed E-state index contributed by atoms with van der Waals surface area (Å²) in [5.74, 6) is -0.153. The van der Waals surface area contributed by atoms with Gasteiger partial charge in [0.15, 0.2) is 0 Å². The van der Waals surface area contributed by atoms with Crippen LogP contribution in [-0.2, 0) is 22.5 Å². The molecule has 2 N–H and O–H groups in total. The van der Waals surface area contributed by atoms with Crippen molar-refractivity contribution in [3.63, 3.8) is 0 Å². The molecule has 1 aliphatic carbocycles. The summed E-state index contributed by atoms with van der Waals surface area (Å²) in [5.41, 5.74) is 3.70. The Hall–Kier alpha value is -2.18. The maximum absolute atomic E-state index is 13.0. The van der Waals surface area contributed by atoms with E-state index in [1.807, 2.05) is 6.07 Å². The normalized spacial score (nSPS) is 29.2. The Bertz CT molecular complexity index is 892. The lowest BCUT2D eigenvalue weighted by Gasteiger charge is -2.36. The Morgan fingerprint density at radius 1 is 1.09 bits per heavy atom. The minimum Gasteiger partial charge on any atom is -0.376 e. The van der Waals surface area contributed by atoms with Gasteiger partial charge in [-0.3, -0.25) is 9.59 Å². The van der Waals surface area contributed by atoms with Gasteiger partial charge >= 0.3 is 0 Å². The molecule has 1 aromatic rings. The summed E-state index contributed by atoms with van der Waals surface area (Å²) in [6.45, 7) is 5.17. The van der Waals surface area contributed by atoms with Gasteiger partial charge in [-0.25, -0.2) is 0 Å². The van der Waals surface area contributed by atoms with E-state index in [4.69, 9.17) is 4.74 Å². The van der Waals surface area contributed by atoms with Crippen LogP contribution in [-0.4, -0.2) is 47.6 Å². The van der Waals surface area contributed by atoms with Crippen LogP contribution >= 0.6 is 0 Å². The van der Waals surface area contributed by atoms with Crippen LogP contribution in [0.25, 0.3) is 0 Å². The van der Waals surface area contributed by atoms with Gasteiger partial charge in [-0.05, 0) is 55.7 Å². The standard InChI is InChI=1S/C26H35N3O3/c1-17-9-12-23(25(30)27-17)29-16-19-14-18(10-11-21(19)26(29)31)15-24-22(8-5-13-32-24)28-20-6-3-2-4-7-20/h10-11,14,20,22-24,28H,1-9,12-13,15-16H2,(H,27,30)/t22-,23?,24+/m0/s1. The molecule has 6 heteroatoms. The number of nitrogens with one attached hydrogen (secondary N) is 2. The predicted octanol–water partition coefficient (Wildman–Crippen LogP) is 3.45. The topological polar surface area (TPSA) is 70.7 Å². The summed E-state index contributed by atoms with van der Waals surface area (Å²) in [6, 6.07) is 6.79. The number of benzene rings is 1. The SMILES string of the molecule is C=C1CCC(N2Cc3cc(C[C@H]4OCCC[C@@H]4NC4CCCCC4)ccc3C2=O)C(=O)N1. The van der Waals surface area contributed by atoms with E-state index in [1.54, 1.807) is 4.90 Å². The number of fused-ring (bicyclic) bond motifs is 1. The number of carbonyl (C=O) groups is 2. The van der Waals surface area contributed by atoms with E-state index in [-0.39, 0.29) is 17.9 Å². The maximum atomic E-state index is 13.0. The molecule has 32 heavy (non-hydrogen) atoms. The van der Waals surface area contributed by atoms with Gasteiger partial charge in [-0.1, -0.05) is 38.0 Å². The summed E-state index contributed by atoms with van der Waals surface area (Å²) in [6.07, 6.45) is 11.3. The Balaban J connectivity index is 1.26. The molecule has 6 nitrogen and oxygen atoms in total. The molecular weight excluding hydrogens is 402 g/mol. The highest BCUT2D eigenvalue weighted by atomic mass is 16.5. The first-order valence-corrected chi connectivity index (χ1v) is 12.4. The highest BCUT2D eigenvalue weighted by molar-refractivity contribution is 6.01. The molecule has 1 aromatic carbocycles. The first kappa shape index (κ1) is 21.7. The van der Waals surface area contributed by atoms with Crippen molar-refractivity contribution in [2.24, 2.45) is 0 Å². The molecule has 2 amide bonds. The first-order valence-electron chi connectivity index (χ1n) is 12.4. The average molecular weight is 438 g/mol. The van der Waals surface area contributed by atoms with Crippen molar-refractivity contribution in [3.05, 3.63) is 47.2 Å². The third-order valence-corrected chi connectivity index (χ3v) is 7.63. The number of amides is 2. The Morgan fingerprint density at radius 2 is 1.94 bits per heavy atom. The van der Waals surface area contributed by atoms with E-state index in [0.29, 0.717) is 25.0 Å². The van der Waals surface area contributed by atoms with Gasteiger partial charge in [0.2, 0.25) is 5.91 Å². The second-order valence-electron chi connectivity index (χ2n) is 9.94. The molecule has 1 unspecified atom stereocenters. The van der Waals surface area contributed by atoms with Crippen LogP contribution in [0, 0.1) is 0 Å². The molecule has 1 saturated carbocycles. The molecule has 172 valence electrons. The van der Waals surface area contributed by atoms with Crippen LogP contribution in [0.2, 0.25) is 0 Å². The van der Waals surface area contributed by atoms with E-state index >= 15 is 0 Å². The smallest absolute Gasteiger partial charge is 0.255 e. The highest BCUT2D eigenvalue weighted by Crippen LogP contribution is 2.30. The summed E-state index contributed by atoms with van der Waals surface area (Å²) >= 11 is 0. The van der Waals surface area contributed by atoms with Gasteiger partial charge < -0.3 is 20.3 Å². The second-order valence-corrected chi connectivity index (χ2v) is 9.94. The van der Waals surface area contributed by atoms with Gasteiger partial charge in [-0.2, -0.15) is 0 Å². The lowest BCUT2D eigenvalue weighted by atomic mass is 9.91. The summed E-state index contributed by atoms with van der Waals surface area (Å²) in [5, 5.41) is 6.71. The monoisotopic (exact) mass is 437 g/mol. The van der Waals surface area contributed by atoms with Gasteiger partial charge in [0, 0.05) is 42.9 Å². The zero-order chi connectivity index (χ0) is 22.1. The number of hydrogen-bond acceptors (Lipinski definition) is 4. The molecule has 0 aromatic heterocycles. The summed E-state index contributed by atoms with van der Waals surface area (Å²) in [7, 11) is 0.